The Kier molecular flexibility index (Phi) is 5.62. The number of rotatable bonds is 6. The Bertz CT molecular complexity index is 168. The summed E-state index contributed by atoms with van der Waals surface area (Å²) in [6, 6.07) is 1.49. The lowest BCUT2D eigenvalue weighted by atomic mass is 10.1. The smallest absolute Gasteiger partial charge is 0.00932 e. The van der Waals surface area contributed by atoms with Gasteiger partial charge >= 0.3 is 0 Å². The molecule has 0 saturated carbocycles. The molecule has 0 spiro atoms. The molecule has 1 N–H and O–H groups in total. The predicted octanol–water partition coefficient (Wildman–Crippen LogP) is 2.49. The molecule has 0 amide bonds. The van der Waals surface area contributed by atoms with Crippen LogP contribution in [0.3, 0.4) is 0 Å². The lowest BCUT2D eigenvalue weighted by Gasteiger charge is -2.27. The summed E-state index contributed by atoms with van der Waals surface area (Å²) in [4.78, 5) is 2.69. The zero-order valence-electron chi connectivity index (χ0n) is 10.9. The van der Waals surface area contributed by atoms with E-state index in [4.69, 9.17) is 0 Å². The quantitative estimate of drug-likeness (QED) is 0.728. The van der Waals surface area contributed by atoms with Gasteiger partial charge in [0.25, 0.3) is 0 Å². The molecule has 1 fully saturated rings. The minimum absolute atomic E-state index is 0.619. The van der Waals surface area contributed by atoms with Crippen LogP contribution in [-0.2, 0) is 0 Å². The van der Waals surface area contributed by atoms with Gasteiger partial charge in [-0.3, -0.25) is 0 Å². The maximum absolute atomic E-state index is 3.53. The van der Waals surface area contributed by atoms with Crippen LogP contribution in [0.25, 0.3) is 0 Å². The molecule has 15 heavy (non-hydrogen) atoms. The van der Waals surface area contributed by atoms with Crippen molar-refractivity contribution < 1.29 is 0 Å². The minimum atomic E-state index is 0.619. The van der Waals surface area contributed by atoms with E-state index in [1.165, 1.54) is 32.4 Å². The average Bonchev–Trinajstić information content (AvgIpc) is 2.62. The molecule has 1 rings (SSSR count). The van der Waals surface area contributed by atoms with Crippen LogP contribution in [0.5, 0.6) is 0 Å². The van der Waals surface area contributed by atoms with Gasteiger partial charge in [-0.25, -0.2) is 0 Å². The topological polar surface area (TPSA) is 15.3 Å². The number of hydrogen-bond acceptors (Lipinski definition) is 2. The third-order valence-corrected chi connectivity index (χ3v) is 3.39. The van der Waals surface area contributed by atoms with Crippen molar-refractivity contribution in [3.05, 3.63) is 0 Å². The molecule has 2 atom stereocenters. The summed E-state index contributed by atoms with van der Waals surface area (Å²) in [5.41, 5.74) is 0. The van der Waals surface area contributed by atoms with E-state index in [2.05, 4.69) is 37.9 Å². The fourth-order valence-corrected chi connectivity index (χ4v) is 2.50. The van der Waals surface area contributed by atoms with Crippen LogP contribution < -0.4 is 5.32 Å². The van der Waals surface area contributed by atoms with Gasteiger partial charge in [0.05, 0.1) is 0 Å². The normalized spacial score (nSPS) is 25.0. The second kappa shape index (κ2) is 6.49. The average molecular weight is 212 g/mol. The van der Waals surface area contributed by atoms with Crippen LogP contribution >= 0.6 is 0 Å². The highest BCUT2D eigenvalue weighted by atomic mass is 15.2. The highest BCUT2D eigenvalue weighted by Crippen LogP contribution is 2.20. The van der Waals surface area contributed by atoms with Gasteiger partial charge in [-0.15, -0.1) is 0 Å². The zero-order valence-corrected chi connectivity index (χ0v) is 10.9. The lowest BCUT2D eigenvalue weighted by Crippen LogP contribution is -2.37. The van der Waals surface area contributed by atoms with Gasteiger partial charge in [-0.05, 0) is 38.3 Å². The summed E-state index contributed by atoms with van der Waals surface area (Å²) < 4.78 is 0. The fraction of sp³-hybridized carbons (Fsp3) is 1.00. The Labute approximate surface area is 95.4 Å². The van der Waals surface area contributed by atoms with Crippen molar-refractivity contribution in [2.45, 2.75) is 59.0 Å². The molecule has 90 valence electrons. The van der Waals surface area contributed by atoms with Gasteiger partial charge in [0.1, 0.15) is 0 Å². The molecule has 0 radical (unpaired) electrons. The van der Waals surface area contributed by atoms with E-state index >= 15 is 0 Å². The van der Waals surface area contributed by atoms with Crippen molar-refractivity contribution in [2.24, 2.45) is 5.92 Å². The SMILES string of the molecule is CCC1CCCN1CC(C)CNC(C)C. The van der Waals surface area contributed by atoms with Gasteiger partial charge in [0.2, 0.25) is 0 Å². The van der Waals surface area contributed by atoms with E-state index in [0.29, 0.717) is 6.04 Å². The van der Waals surface area contributed by atoms with Gasteiger partial charge in [-0.2, -0.15) is 0 Å². The van der Waals surface area contributed by atoms with Crippen LogP contribution in [-0.4, -0.2) is 36.6 Å². The summed E-state index contributed by atoms with van der Waals surface area (Å²) in [7, 11) is 0. The molecule has 2 unspecified atom stereocenters. The molecule has 1 aliphatic rings. The molecular formula is C13H28N2. The van der Waals surface area contributed by atoms with Crippen molar-refractivity contribution in [1.82, 2.24) is 10.2 Å². The number of hydrogen-bond donors (Lipinski definition) is 1. The maximum Gasteiger partial charge on any atom is 0.00932 e. The minimum Gasteiger partial charge on any atom is -0.314 e. The summed E-state index contributed by atoms with van der Waals surface area (Å²) in [6.07, 6.45) is 4.15. The second-order valence-electron chi connectivity index (χ2n) is 5.37. The second-order valence-corrected chi connectivity index (χ2v) is 5.37. The molecule has 0 aliphatic carbocycles. The monoisotopic (exact) mass is 212 g/mol. The van der Waals surface area contributed by atoms with E-state index in [1.807, 2.05) is 0 Å². The van der Waals surface area contributed by atoms with Gasteiger partial charge in [-0.1, -0.05) is 27.7 Å². The molecule has 0 bridgehead atoms. The number of nitrogens with zero attached hydrogens (tertiary/aromatic N) is 1. The van der Waals surface area contributed by atoms with Gasteiger partial charge in [0, 0.05) is 18.6 Å². The largest absolute Gasteiger partial charge is 0.314 e. The first-order valence-electron chi connectivity index (χ1n) is 6.61. The van der Waals surface area contributed by atoms with Gasteiger partial charge < -0.3 is 10.2 Å². The van der Waals surface area contributed by atoms with E-state index < -0.39 is 0 Å². The molecule has 1 aliphatic heterocycles. The van der Waals surface area contributed by atoms with Crippen molar-refractivity contribution in [1.29, 1.82) is 0 Å². The molecule has 0 aromatic rings. The van der Waals surface area contributed by atoms with E-state index in [1.54, 1.807) is 0 Å². The van der Waals surface area contributed by atoms with Crippen LogP contribution in [0, 0.1) is 5.92 Å². The number of nitrogens with one attached hydrogen (secondary N) is 1. The highest BCUT2D eigenvalue weighted by molar-refractivity contribution is 4.79. The zero-order chi connectivity index (χ0) is 11.3. The van der Waals surface area contributed by atoms with E-state index in [9.17, 15) is 0 Å². The lowest BCUT2D eigenvalue weighted by molar-refractivity contribution is 0.212. The van der Waals surface area contributed by atoms with Crippen LogP contribution in [0.15, 0.2) is 0 Å². The van der Waals surface area contributed by atoms with E-state index in [-0.39, 0.29) is 0 Å². The van der Waals surface area contributed by atoms with Crippen molar-refractivity contribution in [3.8, 4) is 0 Å². The molecular weight excluding hydrogens is 184 g/mol. The van der Waals surface area contributed by atoms with Crippen molar-refractivity contribution in [2.75, 3.05) is 19.6 Å². The molecule has 2 heteroatoms. The van der Waals surface area contributed by atoms with Crippen LogP contribution in [0.4, 0.5) is 0 Å². The Balaban J connectivity index is 2.21. The van der Waals surface area contributed by atoms with Crippen molar-refractivity contribution >= 4 is 0 Å². The first kappa shape index (κ1) is 13.0. The maximum atomic E-state index is 3.53. The Morgan fingerprint density at radius 3 is 2.67 bits per heavy atom. The van der Waals surface area contributed by atoms with Gasteiger partial charge in [0.15, 0.2) is 0 Å². The standard InChI is InChI=1S/C13H28N2/c1-5-13-7-6-8-15(13)10-12(4)9-14-11(2)3/h11-14H,5-10H2,1-4H3. The fourth-order valence-electron chi connectivity index (χ4n) is 2.50. The molecule has 0 aromatic heterocycles. The molecule has 1 heterocycles. The molecule has 0 aromatic carbocycles. The Morgan fingerprint density at radius 2 is 2.07 bits per heavy atom. The highest BCUT2D eigenvalue weighted by Gasteiger charge is 2.23. The molecule has 2 nitrogen and oxygen atoms in total. The van der Waals surface area contributed by atoms with Crippen molar-refractivity contribution in [3.63, 3.8) is 0 Å². The summed E-state index contributed by atoms with van der Waals surface area (Å²) >= 11 is 0. The summed E-state index contributed by atoms with van der Waals surface area (Å²) in [5, 5.41) is 3.53. The third kappa shape index (κ3) is 4.52. The van der Waals surface area contributed by atoms with Crippen LogP contribution in [0.2, 0.25) is 0 Å². The predicted molar refractivity (Wildman–Crippen MR) is 67.2 cm³/mol. The molecule has 1 saturated heterocycles. The van der Waals surface area contributed by atoms with E-state index in [0.717, 1.165) is 18.5 Å². The third-order valence-electron chi connectivity index (χ3n) is 3.39. The summed E-state index contributed by atoms with van der Waals surface area (Å²) in [5.74, 6) is 0.777. The first-order chi connectivity index (χ1) is 7.13. The number of likely N-dealkylation sites (tertiary alicyclic amines) is 1. The first-order valence-corrected chi connectivity index (χ1v) is 6.61. The van der Waals surface area contributed by atoms with Crippen LogP contribution in [0.1, 0.15) is 47.0 Å². The summed E-state index contributed by atoms with van der Waals surface area (Å²) in [6.45, 7) is 12.9. The Morgan fingerprint density at radius 1 is 1.33 bits per heavy atom. The Hall–Kier alpha value is -0.0800.